The Kier molecular flexibility index (Phi) is 6.77. The van der Waals surface area contributed by atoms with Gasteiger partial charge in [-0.25, -0.2) is 0 Å². The second-order valence-electron chi connectivity index (χ2n) is 8.37. The van der Waals surface area contributed by atoms with Gasteiger partial charge in [-0.15, -0.1) is 0 Å². The minimum Gasteiger partial charge on any atom is -0.496 e. The van der Waals surface area contributed by atoms with Gasteiger partial charge < -0.3 is 14.5 Å². The molecule has 0 N–H and O–H groups in total. The fourth-order valence-corrected chi connectivity index (χ4v) is 4.42. The zero-order valence-corrected chi connectivity index (χ0v) is 19.4. The van der Waals surface area contributed by atoms with E-state index in [9.17, 15) is 9.59 Å². The second kappa shape index (κ2) is 9.90. The summed E-state index contributed by atoms with van der Waals surface area (Å²) in [5, 5.41) is 4.27. The summed E-state index contributed by atoms with van der Waals surface area (Å²) in [6.45, 7) is 3.54. The second-order valence-corrected chi connectivity index (χ2v) is 8.37. The topological polar surface area (TPSA) is 67.7 Å². The van der Waals surface area contributed by atoms with Crippen LogP contribution in [0.15, 0.2) is 60.8 Å². The number of ether oxygens (including phenoxy) is 1. The molecule has 1 saturated heterocycles. The fourth-order valence-electron chi connectivity index (χ4n) is 4.42. The number of amides is 2. The van der Waals surface area contributed by atoms with E-state index in [2.05, 4.69) is 5.10 Å². The molecule has 1 atom stereocenters. The van der Waals surface area contributed by atoms with Crippen molar-refractivity contribution in [1.29, 1.82) is 0 Å². The molecule has 0 radical (unpaired) electrons. The van der Waals surface area contributed by atoms with Crippen molar-refractivity contribution >= 4 is 11.8 Å². The predicted molar refractivity (Wildman–Crippen MR) is 127 cm³/mol. The van der Waals surface area contributed by atoms with Gasteiger partial charge in [0.25, 0.3) is 0 Å². The molecule has 7 nitrogen and oxygen atoms in total. The Balaban J connectivity index is 1.60. The smallest absolute Gasteiger partial charge is 0.245 e. The summed E-state index contributed by atoms with van der Waals surface area (Å²) in [6, 6.07) is 17.3. The number of methoxy groups -OCH3 is 1. The lowest BCUT2D eigenvalue weighted by atomic mass is 9.92. The van der Waals surface area contributed by atoms with Gasteiger partial charge in [0.1, 0.15) is 11.8 Å². The number of nitrogens with zero attached hydrogens (tertiary/aromatic N) is 4. The Hall–Kier alpha value is -3.61. The van der Waals surface area contributed by atoms with Crippen LogP contribution in [0.2, 0.25) is 0 Å². The Morgan fingerprint density at radius 2 is 1.79 bits per heavy atom. The first kappa shape index (κ1) is 22.6. The van der Waals surface area contributed by atoms with Crippen LogP contribution in [0, 0.1) is 6.92 Å². The van der Waals surface area contributed by atoms with Gasteiger partial charge in [-0.05, 0) is 30.2 Å². The Morgan fingerprint density at radius 1 is 1.06 bits per heavy atom. The van der Waals surface area contributed by atoms with Gasteiger partial charge in [0.15, 0.2) is 0 Å². The van der Waals surface area contributed by atoms with E-state index in [4.69, 9.17) is 4.74 Å². The molecule has 2 amide bonds. The lowest BCUT2D eigenvalue weighted by molar-refractivity contribution is -0.150. The number of hydrogen-bond acceptors (Lipinski definition) is 4. The highest BCUT2D eigenvalue weighted by Gasteiger charge is 2.36. The van der Waals surface area contributed by atoms with Crippen LogP contribution in [-0.2, 0) is 22.6 Å². The lowest BCUT2D eigenvalue weighted by Gasteiger charge is -2.39. The molecule has 172 valence electrons. The maximum Gasteiger partial charge on any atom is 0.245 e. The average molecular weight is 447 g/mol. The van der Waals surface area contributed by atoms with E-state index in [1.54, 1.807) is 30.2 Å². The Labute approximate surface area is 194 Å². The predicted octanol–water partition coefficient (Wildman–Crippen LogP) is 3.17. The zero-order valence-electron chi connectivity index (χ0n) is 19.4. The molecule has 3 aromatic rings. The minimum absolute atomic E-state index is 0.0221. The van der Waals surface area contributed by atoms with Crippen molar-refractivity contribution in [3.05, 3.63) is 72.1 Å². The molecule has 1 aliphatic rings. The van der Waals surface area contributed by atoms with Crippen LogP contribution in [0.4, 0.5) is 0 Å². The molecule has 1 aliphatic heterocycles. The number of piperazine rings is 1. The summed E-state index contributed by atoms with van der Waals surface area (Å²) in [7, 11) is 3.46. The summed E-state index contributed by atoms with van der Waals surface area (Å²) in [5.74, 6) is 0.727. The van der Waals surface area contributed by atoms with E-state index in [0.29, 0.717) is 32.5 Å². The quantitative estimate of drug-likeness (QED) is 0.559. The maximum atomic E-state index is 13.2. The van der Waals surface area contributed by atoms with Crippen LogP contribution in [0.5, 0.6) is 5.75 Å². The third kappa shape index (κ3) is 4.77. The molecule has 0 saturated carbocycles. The van der Waals surface area contributed by atoms with E-state index in [1.165, 1.54) is 0 Å². The molecule has 0 unspecified atom stereocenters. The molecule has 33 heavy (non-hydrogen) atoms. The summed E-state index contributed by atoms with van der Waals surface area (Å²) in [4.78, 5) is 29.9. The molecule has 4 rings (SSSR count). The molecule has 7 heteroatoms. The van der Waals surface area contributed by atoms with Crippen molar-refractivity contribution in [2.24, 2.45) is 0 Å². The highest BCUT2D eigenvalue weighted by Crippen LogP contribution is 2.33. The lowest BCUT2D eigenvalue weighted by Crippen LogP contribution is -2.58. The van der Waals surface area contributed by atoms with Crippen LogP contribution in [0.3, 0.4) is 0 Å². The number of para-hydroxylation sites is 1. The average Bonchev–Trinajstić information content (AvgIpc) is 3.25. The molecule has 2 aromatic carbocycles. The van der Waals surface area contributed by atoms with Gasteiger partial charge >= 0.3 is 0 Å². The highest BCUT2D eigenvalue weighted by atomic mass is 16.5. The van der Waals surface area contributed by atoms with Gasteiger partial charge in [-0.3, -0.25) is 14.3 Å². The van der Waals surface area contributed by atoms with Crippen molar-refractivity contribution in [1.82, 2.24) is 19.6 Å². The van der Waals surface area contributed by atoms with E-state index >= 15 is 0 Å². The number of likely N-dealkylation sites (N-methyl/N-ethyl adjacent to an activating group) is 1. The SMILES string of the molecule is COc1ccccc1-c1ccccc1C[C@H]1C(=O)N(C)CCN1C(=O)CCn1nccc1C. The van der Waals surface area contributed by atoms with E-state index in [-0.39, 0.29) is 11.8 Å². The molecule has 1 aromatic heterocycles. The number of rotatable bonds is 7. The number of hydrogen-bond donors (Lipinski definition) is 0. The first-order chi connectivity index (χ1) is 16.0. The third-order valence-electron chi connectivity index (χ3n) is 6.33. The third-order valence-corrected chi connectivity index (χ3v) is 6.33. The zero-order chi connectivity index (χ0) is 23.4. The Morgan fingerprint density at radius 3 is 2.52 bits per heavy atom. The van der Waals surface area contributed by atoms with Crippen molar-refractivity contribution in [2.75, 3.05) is 27.2 Å². The largest absolute Gasteiger partial charge is 0.496 e. The molecule has 1 fully saturated rings. The van der Waals surface area contributed by atoms with Crippen molar-refractivity contribution < 1.29 is 14.3 Å². The van der Waals surface area contributed by atoms with E-state index < -0.39 is 6.04 Å². The molecular weight excluding hydrogens is 416 g/mol. The summed E-state index contributed by atoms with van der Waals surface area (Å²) in [6.07, 6.45) is 2.49. The van der Waals surface area contributed by atoms with Gasteiger partial charge in [0, 0.05) is 57.0 Å². The number of benzene rings is 2. The van der Waals surface area contributed by atoms with Crippen molar-refractivity contribution in [3.8, 4) is 16.9 Å². The molecule has 2 heterocycles. The van der Waals surface area contributed by atoms with Gasteiger partial charge in [-0.2, -0.15) is 5.10 Å². The van der Waals surface area contributed by atoms with Crippen LogP contribution in [0.1, 0.15) is 17.7 Å². The minimum atomic E-state index is -0.536. The number of aryl methyl sites for hydroxylation is 2. The molecular formula is C26H30N4O3. The molecule has 0 spiro atoms. The van der Waals surface area contributed by atoms with E-state index in [0.717, 1.165) is 28.1 Å². The number of aromatic nitrogens is 2. The van der Waals surface area contributed by atoms with Crippen LogP contribution in [-0.4, -0.2) is 64.7 Å². The maximum absolute atomic E-state index is 13.2. The Bertz CT molecular complexity index is 1140. The van der Waals surface area contributed by atoms with Gasteiger partial charge in [0.2, 0.25) is 11.8 Å². The highest BCUT2D eigenvalue weighted by molar-refractivity contribution is 5.89. The van der Waals surface area contributed by atoms with Crippen molar-refractivity contribution in [2.45, 2.75) is 32.4 Å². The first-order valence-electron chi connectivity index (χ1n) is 11.2. The van der Waals surface area contributed by atoms with E-state index in [1.807, 2.05) is 66.2 Å². The fraction of sp³-hybridized carbons (Fsp3) is 0.346. The number of carbonyl (C=O) groups is 2. The molecule has 0 bridgehead atoms. The summed E-state index contributed by atoms with van der Waals surface area (Å²) >= 11 is 0. The van der Waals surface area contributed by atoms with Crippen LogP contribution < -0.4 is 4.74 Å². The van der Waals surface area contributed by atoms with Crippen molar-refractivity contribution in [3.63, 3.8) is 0 Å². The van der Waals surface area contributed by atoms with Gasteiger partial charge in [0.05, 0.1) is 7.11 Å². The standard InChI is InChI=1S/C26H30N4O3/c1-19-12-14-27-30(19)15-13-25(31)29-17-16-28(2)26(32)23(29)18-20-8-4-5-9-21(20)22-10-6-7-11-24(22)33-3/h4-12,14,23H,13,15-18H2,1-3H3/t23-/m0/s1. The summed E-state index contributed by atoms with van der Waals surface area (Å²) < 4.78 is 7.39. The van der Waals surface area contributed by atoms with Gasteiger partial charge in [-0.1, -0.05) is 42.5 Å². The summed E-state index contributed by atoms with van der Waals surface area (Å²) in [5.41, 5.74) is 4.01. The number of carbonyl (C=O) groups excluding carboxylic acids is 2. The van der Waals surface area contributed by atoms with Crippen LogP contribution >= 0.6 is 0 Å². The van der Waals surface area contributed by atoms with Crippen LogP contribution in [0.25, 0.3) is 11.1 Å². The normalized spacial score (nSPS) is 16.2. The first-order valence-corrected chi connectivity index (χ1v) is 11.2. The molecule has 0 aliphatic carbocycles. The monoisotopic (exact) mass is 446 g/mol.